The molecule has 0 unspecified atom stereocenters. The second-order valence-electron chi connectivity index (χ2n) is 5.26. The molecule has 0 radical (unpaired) electrons. The molecule has 9 heteroatoms. The van der Waals surface area contributed by atoms with Gasteiger partial charge >= 0.3 is 6.18 Å². The molecule has 1 saturated heterocycles. The largest absolute Gasteiger partial charge is 0.481 e. The van der Waals surface area contributed by atoms with Crippen molar-refractivity contribution >= 4 is 17.5 Å². The molecule has 1 aliphatic heterocycles. The van der Waals surface area contributed by atoms with Crippen molar-refractivity contribution in [1.82, 2.24) is 4.98 Å². The lowest BCUT2D eigenvalue weighted by Crippen LogP contribution is -2.37. The molecular formula is C15H22F3N3O3. The van der Waals surface area contributed by atoms with Crippen LogP contribution in [0, 0.1) is 0 Å². The van der Waals surface area contributed by atoms with Crippen molar-refractivity contribution in [1.29, 1.82) is 0 Å². The fourth-order valence-corrected chi connectivity index (χ4v) is 2.35. The summed E-state index contributed by atoms with van der Waals surface area (Å²) in [5.41, 5.74) is -0.255. The van der Waals surface area contributed by atoms with Gasteiger partial charge in [-0.05, 0) is 25.0 Å². The van der Waals surface area contributed by atoms with Crippen LogP contribution in [0.25, 0.3) is 0 Å². The third-order valence-corrected chi connectivity index (χ3v) is 3.51. The molecule has 0 bridgehead atoms. The van der Waals surface area contributed by atoms with E-state index in [2.05, 4.69) is 10.3 Å². The molecule has 2 N–H and O–H groups in total. The second kappa shape index (κ2) is 8.72. The van der Waals surface area contributed by atoms with Gasteiger partial charge in [-0.2, -0.15) is 13.2 Å². The van der Waals surface area contributed by atoms with Crippen LogP contribution < -0.4 is 10.2 Å². The lowest BCUT2D eigenvalue weighted by molar-refractivity contribution is -0.141. The average Bonchev–Trinajstić information content (AvgIpc) is 2.53. The van der Waals surface area contributed by atoms with E-state index in [4.69, 9.17) is 14.6 Å². The summed E-state index contributed by atoms with van der Waals surface area (Å²) >= 11 is 0. The molecule has 0 amide bonds. The highest BCUT2D eigenvalue weighted by atomic mass is 19.4. The normalized spacial score (nSPS) is 15.5. The quantitative estimate of drug-likeness (QED) is 0.874. The lowest BCUT2D eigenvalue weighted by atomic mass is 10.1. The van der Waals surface area contributed by atoms with Crippen LogP contribution in [0.2, 0.25) is 0 Å². The zero-order valence-corrected chi connectivity index (χ0v) is 13.9. The Morgan fingerprint density at radius 3 is 2.33 bits per heavy atom. The van der Waals surface area contributed by atoms with Crippen molar-refractivity contribution in [3.63, 3.8) is 0 Å². The molecule has 0 atom stereocenters. The van der Waals surface area contributed by atoms with Gasteiger partial charge in [0.15, 0.2) is 5.82 Å². The van der Waals surface area contributed by atoms with Crippen molar-refractivity contribution in [3.05, 3.63) is 17.8 Å². The van der Waals surface area contributed by atoms with Crippen molar-refractivity contribution in [3.8, 4) is 0 Å². The van der Waals surface area contributed by atoms with E-state index in [0.29, 0.717) is 24.6 Å². The van der Waals surface area contributed by atoms with Gasteiger partial charge in [0, 0.05) is 34.2 Å². The number of carbonyl (C=O) groups is 1. The van der Waals surface area contributed by atoms with E-state index in [9.17, 15) is 13.2 Å². The number of ether oxygens (including phenoxy) is 1. The first-order valence-corrected chi connectivity index (χ1v) is 7.42. The van der Waals surface area contributed by atoms with E-state index < -0.39 is 17.8 Å². The highest BCUT2D eigenvalue weighted by molar-refractivity contribution is 5.66. The molecule has 0 saturated carbocycles. The van der Waals surface area contributed by atoms with Gasteiger partial charge in [-0.25, -0.2) is 4.98 Å². The van der Waals surface area contributed by atoms with Crippen LogP contribution in [-0.2, 0) is 15.7 Å². The van der Waals surface area contributed by atoms with Gasteiger partial charge in [0.2, 0.25) is 0 Å². The summed E-state index contributed by atoms with van der Waals surface area (Å²) in [7, 11) is 3.33. The third kappa shape index (κ3) is 5.88. The summed E-state index contributed by atoms with van der Waals surface area (Å²) in [5, 5.41) is 10.3. The molecule has 2 rings (SSSR count). The zero-order chi connectivity index (χ0) is 18.3. The maximum Gasteiger partial charge on any atom is 0.433 e. The molecule has 24 heavy (non-hydrogen) atoms. The number of aliphatic carboxylic acids is 1. The van der Waals surface area contributed by atoms with Crippen LogP contribution in [0.4, 0.5) is 24.7 Å². The van der Waals surface area contributed by atoms with Crippen LogP contribution in [0.1, 0.15) is 25.5 Å². The number of piperidine rings is 1. The minimum Gasteiger partial charge on any atom is -0.481 e. The number of anilines is 2. The van der Waals surface area contributed by atoms with Gasteiger partial charge in [0.1, 0.15) is 5.69 Å². The number of hydrogen-bond acceptors (Lipinski definition) is 5. The first kappa shape index (κ1) is 20.0. The Bertz CT molecular complexity index is 541. The number of aromatic nitrogens is 1. The fraction of sp³-hybridized carbons (Fsp3) is 0.600. The molecule has 1 aromatic rings. The number of halogens is 3. The minimum absolute atomic E-state index is 0.176. The summed E-state index contributed by atoms with van der Waals surface area (Å²) in [6.45, 7) is 2.36. The lowest BCUT2D eigenvalue weighted by Gasteiger charge is -2.33. The number of methoxy groups -OCH3 is 1. The van der Waals surface area contributed by atoms with Crippen LogP contribution in [0.3, 0.4) is 0 Å². The molecule has 6 nitrogen and oxygen atoms in total. The highest BCUT2D eigenvalue weighted by Gasteiger charge is 2.34. The maximum absolute atomic E-state index is 12.8. The molecule has 1 aromatic heterocycles. The van der Waals surface area contributed by atoms with Gasteiger partial charge in [0.25, 0.3) is 5.97 Å². The van der Waals surface area contributed by atoms with Crippen LogP contribution in [-0.4, -0.2) is 49.4 Å². The Kier molecular flexibility index (Phi) is 7.27. The summed E-state index contributed by atoms with van der Waals surface area (Å²) in [5.74, 6) is -0.475. The van der Waals surface area contributed by atoms with E-state index in [1.54, 1.807) is 14.2 Å². The Morgan fingerprint density at radius 1 is 1.38 bits per heavy atom. The van der Waals surface area contributed by atoms with Crippen LogP contribution in [0.15, 0.2) is 12.1 Å². The van der Waals surface area contributed by atoms with Crippen LogP contribution in [0.5, 0.6) is 0 Å². The van der Waals surface area contributed by atoms with E-state index in [0.717, 1.165) is 25.8 Å². The number of carboxylic acids is 1. The highest BCUT2D eigenvalue weighted by Crippen LogP contribution is 2.33. The van der Waals surface area contributed by atoms with Crippen molar-refractivity contribution < 1.29 is 27.8 Å². The monoisotopic (exact) mass is 349 g/mol. The zero-order valence-electron chi connectivity index (χ0n) is 13.9. The molecule has 1 aliphatic rings. The minimum atomic E-state index is -4.42. The molecule has 0 aromatic carbocycles. The number of nitrogens with one attached hydrogen (secondary N) is 1. The standard InChI is InChI=1S/C13H18F3N3O.C2H4O2/c1-17-10-3-4-11(13(14,15)16)18-12(10)19-7-5-9(20-2)6-8-19;1-2(3)4/h3-4,9,17H,5-8H2,1-2H3;1H3,(H,3,4). The van der Waals surface area contributed by atoms with Crippen molar-refractivity contribution in [2.75, 3.05) is 37.5 Å². The number of carboxylic acid groups (broad SMARTS) is 1. The predicted molar refractivity (Wildman–Crippen MR) is 84.3 cm³/mol. The third-order valence-electron chi connectivity index (χ3n) is 3.51. The van der Waals surface area contributed by atoms with Crippen molar-refractivity contribution in [2.45, 2.75) is 32.0 Å². The first-order valence-electron chi connectivity index (χ1n) is 7.42. The van der Waals surface area contributed by atoms with E-state index in [1.807, 2.05) is 4.90 Å². The van der Waals surface area contributed by atoms with Gasteiger partial charge in [-0.3, -0.25) is 4.79 Å². The van der Waals surface area contributed by atoms with E-state index in [-0.39, 0.29) is 6.10 Å². The number of rotatable bonds is 3. The van der Waals surface area contributed by atoms with E-state index >= 15 is 0 Å². The Labute approximate surface area is 138 Å². The summed E-state index contributed by atoms with van der Waals surface area (Å²) in [6, 6.07) is 2.42. The van der Waals surface area contributed by atoms with Crippen LogP contribution >= 0.6 is 0 Å². The second-order valence-corrected chi connectivity index (χ2v) is 5.26. The molecule has 0 spiro atoms. The van der Waals surface area contributed by atoms with Gasteiger partial charge in [-0.1, -0.05) is 0 Å². The van der Waals surface area contributed by atoms with E-state index in [1.165, 1.54) is 6.07 Å². The maximum atomic E-state index is 12.8. The average molecular weight is 349 g/mol. The summed E-state index contributed by atoms with van der Waals surface area (Å²) < 4.78 is 43.6. The molecule has 1 fully saturated rings. The molecule has 2 heterocycles. The topological polar surface area (TPSA) is 74.7 Å². The molecule has 0 aliphatic carbocycles. The number of nitrogens with zero attached hydrogens (tertiary/aromatic N) is 2. The van der Waals surface area contributed by atoms with Gasteiger partial charge < -0.3 is 20.1 Å². The Balaban J connectivity index is 0.000000648. The van der Waals surface area contributed by atoms with Gasteiger partial charge in [0.05, 0.1) is 11.8 Å². The van der Waals surface area contributed by atoms with Gasteiger partial charge in [-0.15, -0.1) is 0 Å². The number of hydrogen-bond donors (Lipinski definition) is 2. The first-order chi connectivity index (χ1) is 11.2. The van der Waals surface area contributed by atoms with Crippen molar-refractivity contribution in [2.24, 2.45) is 0 Å². The predicted octanol–water partition coefficient (Wildman–Crippen LogP) is 2.85. The Morgan fingerprint density at radius 2 is 1.92 bits per heavy atom. The smallest absolute Gasteiger partial charge is 0.433 e. The summed E-state index contributed by atoms with van der Waals surface area (Å²) in [6.07, 6.45) is -2.67. The number of pyridine rings is 1. The molecular weight excluding hydrogens is 327 g/mol. The Hall–Kier alpha value is -2.03. The number of alkyl halides is 3. The summed E-state index contributed by atoms with van der Waals surface area (Å²) in [4.78, 5) is 14.7. The SMILES string of the molecule is CC(=O)O.CNc1ccc(C(F)(F)F)nc1N1CCC(OC)CC1. The molecule has 136 valence electrons. The fourth-order valence-electron chi connectivity index (χ4n) is 2.35.